The number of imide groups is 1. The average molecular weight is 286 g/mol. The Morgan fingerprint density at radius 2 is 1.76 bits per heavy atom. The van der Waals surface area contributed by atoms with Gasteiger partial charge in [-0.25, -0.2) is 0 Å². The van der Waals surface area contributed by atoms with Crippen LogP contribution in [0.15, 0.2) is 30.3 Å². The highest BCUT2D eigenvalue weighted by atomic mass is 16.2. The van der Waals surface area contributed by atoms with Gasteiger partial charge < -0.3 is 4.90 Å². The van der Waals surface area contributed by atoms with E-state index in [-0.39, 0.29) is 11.8 Å². The van der Waals surface area contributed by atoms with Gasteiger partial charge in [0, 0.05) is 20.0 Å². The SMILES string of the molecule is CN1C(=O)CC2(CCN(CCc3ccccc3)CC2)C1=O. The summed E-state index contributed by atoms with van der Waals surface area (Å²) < 4.78 is 0. The van der Waals surface area contributed by atoms with E-state index in [1.807, 2.05) is 6.07 Å². The molecule has 21 heavy (non-hydrogen) atoms. The first-order chi connectivity index (χ1) is 10.1. The molecule has 0 atom stereocenters. The van der Waals surface area contributed by atoms with E-state index in [4.69, 9.17) is 0 Å². The molecule has 0 aliphatic carbocycles. The molecule has 2 fully saturated rings. The number of hydrogen-bond donors (Lipinski definition) is 0. The summed E-state index contributed by atoms with van der Waals surface area (Å²) in [5, 5.41) is 0. The van der Waals surface area contributed by atoms with Crippen molar-refractivity contribution >= 4 is 11.8 Å². The van der Waals surface area contributed by atoms with Crippen LogP contribution in [0.2, 0.25) is 0 Å². The van der Waals surface area contributed by atoms with Crippen molar-refractivity contribution in [2.75, 3.05) is 26.7 Å². The molecule has 1 aromatic carbocycles. The molecule has 2 amide bonds. The van der Waals surface area contributed by atoms with Gasteiger partial charge in [0.1, 0.15) is 0 Å². The van der Waals surface area contributed by atoms with E-state index in [1.165, 1.54) is 10.5 Å². The highest BCUT2D eigenvalue weighted by Gasteiger charge is 2.50. The van der Waals surface area contributed by atoms with Crippen molar-refractivity contribution in [2.45, 2.75) is 25.7 Å². The van der Waals surface area contributed by atoms with Crippen LogP contribution in [0.5, 0.6) is 0 Å². The molecule has 112 valence electrons. The number of nitrogens with zero attached hydrogens (tertiary/aromatic N) is 2. The lowest BCUT2D eigenvalue weighted by Gasteiger charge is -2.37. The van der Waals surface area contributed by atoms with Crippen LogP contribution in [0.1, 0.15) is 24.8 Å². The number of amides is 2. The van der Waals surface area contributed by atoms with Crippen molar-refractivity contribution < 1.29 is 9.59 Å². The molecular formula is C17H22N2O2. The van der Waals surface area contributed by atoms with Gasteiger partial charge >= 0.3 is 0 Å². The second-order valence-corrected chi connectivity index (χ2v) is 6.29. The van der Waals surface area contributed by atoms with Gasteiger partial charge in [-0.15, -0.1) is 0 Å². The topological polar surface area (TPSA) is 40.6 Å². The number of benzene rings is 1. The second-order valence-electron chi connectivity index (χ2n) is 6.29. The lowest BCUT2D eigenvalue weighted by Crippen LogP contribution is -2.44. The van der Waals surface area contributed by atoms with Gasteiger partial charge in [0.25, 0.3) is 0 Å². The molecule has 0 unspecified atom stereocenters. The Hall–Kier alpha value is -1.68. The number of piperidine rings is 1. The zero-order valence-corrected chi connectivity index (χ0v) is 12.5. The third-order valence-electron chi connectivity index (χ3n) is 4.99. The van der Waals surface area contributed by atoms with Crippen LogP contribution in [-0.2, 0) is 16.0 Å². The van der Waals surface area contributed by atoms with Crippen LogP contribution in [0.4, 0.5) is 0 Å². The fraction of sp³-hybridized carbons (Fsp3) is 0.529. The molecular weight excluding hydrogens is 264 g/mol. The Balaban J connectivity index is 1.54. The molecule has 0 N–H and O–H groups in total. The predicted molar refractivity (Wildman–Crippen MR) is 80.6 cm³/mol. The van der Waals surface area contributed by atoms with Gasteiger partial charge in [-0.3, -0.25) is 14.5 Å². The minimum Gasteiger partial charge on any atom is -0.303 e. The first-order valence-electron chi connectivity index (χ1n) is 7.68. The molecule has 2 aliphatic rings. The summed E-state index contributed by atoms with van der Waals surface area (Å²) in [7, 11) is 1.61. The third kappa shape index (κ3) is 2.72. The van der Waals surface area contributed by atoms with Crippen LogP contribution in [0.25, 0.3) is 0 Å². The summed E-state index contributed by atoms with van der Waals surface area (Å²) in [4.78, 5) is 27.7. The number of likely N-dealkylation sites (tertiary alicyclic amines) is 2. The molecule has 1 spiro atoms. The van der Waals surface area contributed by atoms with E-state index in [0.29, 0.717) is 6.42 Å². The normalized spacial score (nSPS) is 22.2. The van der Waals surface area contributed by atoms with Crippen molar-refractivity contribution in [2.24, 2.45) is 5.41 Å². The standard InChI is InChI=1S/C17H22N2O2/c1-18-15(20)13-17(16(18)21)8-11-19(12-9-17)10-7-14-5-3-2-4-6-14/h2-6H,7-13H2,1H3. The smallest absolute Gasteiger partial charge is 0.235 e. The maximum atomic E-state index is 12.3. The minimum absolute atomic E-state index is 0.0160. The Kier molecular flexibility index (Phi) is 3.81. The Morgan fingerprint density at radius 1 is 1.10 bits per heavy atom. The fourth-order valence-electron chi connectivity index (χ4n) is 3.48. The van der Waals surface area contributed by atoms with E-state index in [1.54, 1.807) is 7.05 Å². The lowest BCUT2D eigenvalue weighted by molar-refractivity contribution is -0.141. The predicted octanol–water partition coefficient (Wildman–Crippen LogP) is 1.70. The number of carbonyl (C=O) groups excluding carboxylic acids is 2. The van der Waals surface area contributed by atoms with Gasteiger partial charge in [-0.05, 0) is 37.9 Å². The number of carbonyl (C=O) groups is 2. The van der Waals surface area contributed by atoms with Gasteiger partial charge in [-0.1, -0.05) is 30.3 Å². The van der Waals surface area contributed by atoms with Crippen LogP contribution >= 0.6 is 0 Å². The fourth-order valence-corrected chi connectivity index (χ4v) is 3.48. The first kappa shape index (κ1) is 14.3. The van der Waals surface area contributed by atoms with E-state index in [9.17, 15) is 9.59 Å². The molecule has 4 nitrogen and oxygen atoms in total. The summed E-state index contributed by atoms with van der Waals surface area (Å²) >= 11 is 0. The minimum atomic E-state index is -0.394. The Bertz CT molecular complexity index is 533. The Labute approximate surface area is 125 Å². The molecule has 2 aliphatic heterocycles. The molecule has 2 heterocycles. The Morgan fingerprint density at radius 3 is 2.33 bits per heavy atom. The largest absolute Gasteiger partial charge is 0.303 e. The van der Waals surface area contributed by atoms with Gasteiger partial charge in [0.05, 0.1) is 5.41 Å². The van der Waals surface area contributed by atoms with Crippen molar-refractivity contribution in [1.82, 2.24) is 9.80 Å². The summed E-state index contributed by atoms with van der Waals surface area (Å²) in [6, 6.07) is 10.5. The summed E-state index contributed by atoms with van der Waals surface area (Å²) in [5.41, 5.74) is 0.958. The monoisotopic (exact) mass is 286 g/mol. The van der Waals surface area contributed by atoms with E-state index in [2.05, 4.69) is 29.2 Å². The van der Waals surface area contributed by atoms with Crippen molar-refractivity contribution in [3.8, 4) is 0 Å². The summed E-state index contributed by atoms with van der Waals surface area (Å²) in [6.45, 7) is 2.86. The van der Waals surface area contributed by atoms with Crippen LogP contribution in [-0.4, -0.2) is 48.3 Å². The van der Waals surface area contributed by atoms with Crippen molar-refractivity contribution in [3.63, 3.8) is 0 Å². The molecule has 1 aromatic rings. The average Bonchev–Trinajstić information content (AvgIpc) is 2.72. The van der Waals surface area contributed by atoms with Crippen molar-refractivity contribution in [3.05, 3.63) is 35.9 Å². The molecule has 0 radical (unpaired) electrons. The maximum absolute atomic E-state index is 12.3. The summed E-state index contributed by atoms with van der Waals surface area (Å²) in [6.07, 6.45) is 3.09. The number of hydrogen-bond acceptors (Lipinski definition) is 3. The van der Waals surface area contributed by atoms with E-state index < -0.39 is 5.41 Å². The zero-order chi connectivity index (χ0) is 14.9. The second kappa shape index (κ2) is 5.60. The van der Waals surface area contributed by atoms with E-state index in [0.717, 1.165) is 38.9 Å². The van der Waals surface area contributed by atoms with Gasteiger partial charge in [0.2, 0.25) is 11.8 Å². The van der Waals surface area contributed by atoms with Crippen LogP contribution < -0.4 is 0 Å². The van der Waals surface area contributed by atoms with Crippen LogP contribution in [0, 0.1) is 5.41 Å². The highest BCUT2D eigenvalue weighted by molar-refractivity contribution is 6.05. The number of rotatable bonds is 3. The van der Waals surface area contributed by atoms with Gasteiger partial charge in [0.15, 0.2) is 0 Å². The first-order valence-corrected chi connectivity index (χ1v) is 7.68. The quantitative estimate of drug-likeness (QED) is 0.794. The van der Waals surface area contributed by atoms with Gasteiger partial charge in [-0.2, -0.15) is 0 Å². The zero-order valence-electron chi connectivity index (χ0n) is 12.5. The molecule has 4 heteroatoms. The van der Waals surface area contributed by atoms with E-state index >= 15 is 0 Å². The molecule has 0 saturated carbocycles. The third-order valence-corrected chi connectivity index (χ3v) is 4.99. The summed E-state index contributed by atoms with van der Waals surface area (Å²) in [5.74, 6) is 0.0212. The molecule has 0 aromatic heterocycles. The lowest BCUT2D eigenvalue weighted by atomic mass is 9.77. The van der Waals surface area contributed by atoms with Crippen molar-refractivity contribution in [1.29, 1.82) is 0 Å². The van der Waals surface area contributed by atoms with Crippen LogP contribution in [0.3, 0.4) is 0 Å². The highest BCUT2D eigenvalue weighted by Crippen LogP contribution is 2.41. The molecule has 2 saturated heterocycles. The maximum Gasteiger partial charge on any atom is 0.235 e. The molecule has 0 bridgehead atoms. The molecule has 3 rings (SSSR count).